The van der Waals surface area contributed by atoms with Gasteiger partial charge in [0.2, 0.25) is 0 Å². The average molecular weight is 920 g/mol. The number of fused-ring (bicyclic) bond motifs is 3. The first kappa shape index (κ1) is 50.5. The summed E-state index contributed by atoms with van der Waals surface area (Å²) in [5.41, 5.74) is 0.382. The van der Waals surface area contributed by atoms with Gasteiger partial charge < -0.3 is 64.9 Å². The van der Waals surface area contributed by atoms with Crippen molar-refractivity contribution in [3.63, 3.8) is 0 Å². The monoisotopic (exact) mass is 914 g/mol. The van der Waals surface area contributed by atoms with E-state index in [9.17, 15) is 59.4 Å². The van der Waals surface area contributed by atoms with Crippen LogP contribution in [0.25, 0.3) is 32.3 Å². The van der Waals surface area contributed by atoms with Crippen LogP contribution in [0.3, 0.4) is 0 Å². The van der Waals surface area contributed by atoms with Gasteiger partial charge in [0.25, 0.3) is 0 Å². The van der Waals surface area contributed by atoms with E-state index in [0.29, 0.717) is 32.3 Å². The summed E-state index contributed by atoms with van der Waals surface area (Å²) in [4.78, 5) is 63.6. The molecule has 17 heteroatoms. The van der Waals surface area contributed by atoms with Crippen molar-refractivity contribution in [3.05, 3.63) is 143 Å². The van der Waals surface area contributed by atoms with Crippen molar-refractivity contribution in [1.82, 2.24) is 0 Å². The molecule has 0 atom stereocenters. The van der Waals surface area contributed by atoms with E-state index in [4.69, 9.17) is 0 Å². The maximum absolute atomic E-state index is 10.6. The largest absolute Gasteiger partial charge is 2.00 e. The van der Waals surface area contributed by atoms with Gasteiger partial charge in [-0.2, -0.15) is 0 Å². The van der Waals surface area contributed by atoms with Crippen molar-refractivity contribution in [1.29, 1.82) is 0 Å². The van der Waals surface area contributed by atoms with E-state index in [0.717, 1.165) is 0 Å². The molecule has 0 aliphatic carbocycles. The summed E-state index contributed by atoms with van der Waals surface area (Å²) >= 11 is 0. The normalized spacial score (nSPS) is 9.28. The Morgan fingerprint density at radius 2 is 0.377 bits per heavy atom. The summed E-state index contributed by atoms with van der Waals surface area (Å²) in [7, 11) is 0. The molecule has 53 heavy (non-hydrogen) atoms. The number of rotatable bonds is 6. The fourth-order valence-electron chi connectivity index (χ4n) is 4.50. The Labute approximate surface area is 351 Å². The first-order chi connectivity index (χ1) is 22.7. The molecule has 0 N–H and O–H groups in total. The van der Waals surface area contributed by atoms with Crippen LogP contribution in [0.1, 0.15) is 62.1 Å². The van der Waals surface area contributed by atoms with Crippen LogP contribution in [0.15, 0.2) is 109 Å². The van der Waals surface area contributed by atoms with Crippen LogP contribution in [-0.4, -0.2) is 35.8 Å². The smallest absolute Gasteiger partial charge is 2.00 e. The minimum absolute atomic E-state index is 0. The van der Waals surface area contributed by atoms with Crippen LogP contribution in [-0.2, 0) is 83.4 Å². The molecule has 0 unspecified atom stereocenters. The SMILES string of the molecule is O=C([O-])c1ccc2cc(C(=O)[O-])ccc2c1.O=C([O-])c1ccc2cc(C(=O)[O-])ccc2c1.O=C([O-])c1ccc2cc(C(=O)[O-])ccc2c1.[O-2].[Zn+2].[Zn+2].[Zn+2].[Zn+2]. The molecule has 0 bridgehead atoms. The Balaban J connectivity index is 0. The molecule has 6 aromatic rings. The first-order valence-electron chi connectivity index (χ1n) is 13.6. The van der Waals surface area contributed by atoms with Gasteiger partial charge >= 0.3 is 77.9 Å². The maximum Gasteiger partial charge on any atom is 2.00 e. The van der Waals surface area contributed by atoms with Crippen molar-refractivity contribution in [3.8, 4) is 0 Å². The Kier molecular flexibility index (Phi) is 21.4. The predicted molar refractivity (Wildman–Crippen MR) is 159 cm³/mol. The Morgan fingerprint density at radius 3 is 0.472 bits per heavy atom. The van der Waals surface area contributed by atoms with Gasteiger partial charge in [-0.05, 0) is 102 Å². The van der Waals surface area contributed by atoms with Crippen molar-refractivity contribution in [2.45, 2.75) is 0 Å². The number of carbonyl (C=O) groups excluding carboxylic acids is 6. The van der Waals surface area contributed by atoms with Crippen LogP contribution in [0.4, 0.5) is 0 Å². The maximum atomic E-state index is 10.6. The molecule has 0 radical (unpaired) electrons. The minimum Gasteiger partial charge on any atom is -2.00 e. The number of benzene rings is 6. The summed E-state index contributed by atoms with van der Waals surface area (Å²) < 4.78 is 0. The molecule has 6 aromatic carbocycles. The van der Waals surface area contributed by atoms with Gasteiger partial charge in [-0.15, -0.1) is 0 Å². The van der Waals surface area contributed by atoms with Crippen LogP contribution in [0, 0.1) is 0 Å². The number of hydrogen-bond donors (Lipinski definition) is 0. The van der Waals surface area contributed by atoms with Crippen molar-refractivity contribution >= 4 is 68.1 Å². The molecule has 0 heterocycles. The van der Waals surface area contributed by atoms with Crippen LogP contribution in [0.5, 0.6) is 0 Å². The molecule has 0 spiro atoms. The van der Waals surface area contributed by atoms with E-state index in [-0.39, 0.29) is 117 Å². The van der Waals surface area contributed by atoms with Gasteiger partial charge in [-0.25, -0.2) is 0 Å². The standard InChI is InChI=1S/3C12H8O4.O.4Zn/c3*13-11(14)9-3-1-7-5-10(12(15)16)4-2-8(7)6-9;;;;;/h3*1-6H,(H,13,14)(H,15,16);;;;;/q;;;-2;4*+2/p-6. The zero-order valence-electron chi connectivity index (χ0n) is 27.5. The molecular weight excluding hydrogens is 902 g/mol. The molecule has 0 fully saturated rings. The molecule has 0 saturated heterocycles. The second kappa shape index (κ2) is 22.4. The number of carbonyl (C=O) groups is 6. The topological polar surface area (TPSA) is 269 Å². The molecule has 13 nitrogen and oxygen atoms in total. The van der Waals surface area contributed by atoms with Crippen LogP contribution in [0.2, 0.25) is 0 Å². The first-order valence-corrected chi connectivity index (χ1v) is 13.6. The molecule has 0 aromatic heterocycles. The Bertz CT molecular complexity index is 1880. The summed E-state index contributed by atoms with van der Waals surface area (Å²) in [6.07, 6.45) is 0. The summed E-state index contributed by atoms with van der Waals surface area (Å²) in [6.45, 7) is 0. The van der Waals surface area contributed by atoms with Crippen molar-refractivity contribution < 1.29 is 143 Å². The zero-order chi connectivity index (χ0) is 35.1. The fraction of sp³-hybridized carbons (Fsp3) is 0. The molecule has 0 aliphatic heterocycles. The quantitative estimate of drug-likeness (QED) is 0.174. The zero-order valence-corrected chi connectivity index (χ0v) is 39.4. The van der Waals surface area contributed by atoms with Gasteiger partial charge in [0.1, 0.15) is 0 Å². The van der Waals surface area contributed by atoms with Gasteiger partial charge in [-0.1, -0.05) is 72.8 Å². The summed E-state index contributed by atoms with van der Waals surface area (Å²) in [5.74, 6) is -7.55. The van der Waals surface area contributed by atoms with Crippen LogP contribution >= 0.6 is 0 Å². The van der Waals surface area contributed by atoms with E-state index in [1.54, 1.807) is 0 Å². The second-order valence-corrected chi connectivity index (χ2v) is 10.1. The van der Waals surface area contributed by atoms with E-state index < -0.39 is 35.8 Å². The number of carboxylic acid groups (broad SMARTS) is 6. The Hall–Kier alpha value is -4.63. The van der Waals surface area contributed by atoms with Gasteiger partial charge in [0.05, 0.1) is 35.8 Å². The predicted octanol–water partition coefficient (Wildman–Crippen LogP) is -1.43. The molecule has 6 rings (SSSR count). The van der Waals surface area contributed by atoms with E-state index in [1.807, 2.05) is 0 Å². The number of hydrogen-bond acceptors (Lipinski definition) is 12. The van der Waals surface area contributed by atoms with Crippen molar-refractivity contribution in [2.24, 2.45) is 0 Å². The third-order valence-corrected chi connectivity index (χ3v) is 6.93. The molecule has 0 aliphatic rings. The second-order valence-electron chi connectivity index (χ2n) is 10.1. The van der Waals surface area contributed by atoms with E-state index in [2.05, 4.69) is 0 Å². The molecule has 0 amide bonds. The summed E-state index contributed by atoms with van der Waals surface area (Å²) in [6, 6.07) is 26.0. The van der Waals surface area contributed by atoms with Gasteiger partial charge in [-0.3, -0.25) is 0 Å². The third kappa shape index (κ3) is 13.4. The molecular formula is C36H18O13Zn4. The average Bonchev–Trinajstić information content (AvgIpc) is 3.07. The van der Waals surface area contributed by atoms with Gasteiger partial charge in [0, 0.05) is 0 Å². The third-order valence-electron chi connectivity index (χ3n) is 6.93. The number of aromatic carboxylic acids is 6. The minimum atomic E-state index is -1.26. The van der Waals surface area contributed by atoms with E-state index >= 15 is 0 Å². The van der Waals surface area contributed by atoms with E-state index in [1.165, 1.54) is 109 Å². The van der Waals surface area contributed by atoms with Gasteiger partial charge in [0.15, 0.2) is 0 Å². The number of carboxylic acids is 6. The summed E-state index contributed by atoms with van der Waals surface area (Å²) in [5, 5.41) is 67.5. The molecule has 0 saturated carbocycles. The van der Waals surface area contributed by atoms with Crippen molar-refractivity contribution in [2.75, 3.05) is 0 Å². The van der Waals surface area contributed by atoms with Crippen LogP contribution < -0.4 is 30.6 Å². The Morgan fingerprint density at radius 1 is 0.264 bits per heavy atom. The molecule has 248 valence electrons. The fourth-order valence-corrected chi connectivity index (χ4v) is 4.50.